The normalized spacial score (nSPS) is 34.5. The van der Waals surface area contributed by atoms with E-state index < -0.39 is 53.6 Å². The lowest BCUT2D eigenvalue weighted by molar-refractivity contribution is -0.161. The first-order valence-electron chi connectivity index (χ1n) is 15.1. The summed E-state index contributed by atoms with van der Waals surface area (Å²) >= 11 is 3.56. The van der Waals surface area contributed by atoms with Crippen molar-refractivity contribution < 1.29 is 33.8 Å². The van der Waals surface area contributed by atoms with E-state index in [-0.39, 0.29) is 44.0 Å². The first-order valence-corrected chi connectivity index (χ1v) is 15.9. The van der Waals surface area contributed by atoms with Crippen LogP contribution in [0.4, 0.5) is 0 Å². The van der Waals surface area contributed by atoms with E-state index in [1.165, 1.54) is 4.90 Å². The number of esters is 1. The zero-order chi connectivity index (χ0) is 30.9. The number of hydrogen-bond donors (Lipinski definition) is 2. The van der Waals surface area contributed by atoms with Crippen LogP contribution < -0.4 is 5.32 Å². The molecule has 0 aliphatic carbocycles. The Bertz CT molecular complexity index is 1300. The average Bonchev–Trinajstić information content (AvgIpc) is 3.56. The predicted octanol–water partition coefficient (Wildman–Crippen LogP) is 3.01. The van der Waals surface area contributed by atoms with Gasteiger partial charge in [0.15, 0.2) is 0 Å². The van der Waals surface area contributed by atoms with E-state index in [9.17, 15) is 24.3 Å². The van der Waals surface area contributed by atoms with Crippen molar-refractivity contribution >= 4 is 39.6 Å². The lowest BCUT2D eigenvalue weighted by Crippen LogP contribution is -2.57. The van der Waals surface area contributed by atoms with Crippen LogP contribution in [0.3, 0.4) is 0 Å². The Morgan fingerprint density at radius 2 is 1.86 bits per heavy atom. The molecule has 4 heterocycles. The van der Waals surface area contributed by atoms with Gasteiger partial charge in [-0.25, -0.2) is 0 Å². The zero-order valence-electron chi connectivity index (χ0n) is 24.8. The molecule has 1 unspecified atom stereocenters. The summed E-state index contributed by atoms with van der Waals surface area (Å²) in [5.74, 6) is -3.61. The van der Waals surface area contributed by atoms with Gasteiger partial charge in [0.05, 0.1) is 18.6 Å². The van der Waals surface area contributed by atoms with E-state index in [4.69, 9.17) is 9.47 Å². The summed E-state index contributed by atoms with van der Waals surface area (Å²) in [6.07, 6.45) is 6.18. The topological polar surface area (TPSA) is 125 Å². The van der Waals surface area contributed by atoms with Crippen molar-refractivity contribution in [2.45, 2.75) is 82.4 Å². The number of allylic oxidation sites excluding steroid dienone is 1. The van der Waals surface area contributed by atoms with E-state index in [2.05, 4.69) is 21.2 Å². The van der Waals surface area contributed by atoms with E-state index in [0.717, 1.165) is 12.8 Å². The lowest BCUT2D eigenvalue weighted by atomic mass is 9.74. The van der Waals surface area contributed by atoms with Crippen LogP contribution >= 0.6 is 15.9 Å². The molecule has 5 bridgehead atoms. The average molecular weight is 659 g/mol. The third-order valence-corrected chi connectivity index (χ3v) is 9.70. The molecule has 0 saturated carbocycles. The molecule has 11 heteroatoms. The van der Waals surface area contributed by atoms with Crippen LogP contribution in [0.5, 0.6) is 0 Å². The van der Waals surface area contributed by atoms with Crippen molar-refractivity contribution in [2.75, 3.05) is 19.7 Å². The molecule has 10 nitrogen and oxygen atoms in total. The molecular formula is C32H40BrN3O7. The molecule has 1 aromatic carbocycles. The minimum atomic E-state index is -1.40. The number of benzene rings is 1. The maximum atomic E-state index is 14.5. The summed E-state index contributed by atoms with van der Waals surface area (Å²) in [5.41, 5.74) is -0.705. The van der Waals surface area contributed by atoms with Gasteiger partial charge in [0, 0.05) is 30.0 Å². The van der Waals surface area contributed by atoms with Gasteiger partial charge in [0.1, 0.15) is 29.8 Å². The Morgan fingerprint density at radius 1 is 1.12 bits per heavy atom. The quantitative estimate of drug-likeness (QED) is 0.356. The van der Waals surface area contributed by atoms with Gasteiger partial charge in [-0.1, -0.05) is 71.8 Å². The highest BCUT2D eigenvalue weighted by atomic mass is 79.9. The summed E-state index contributed by atoms with van der Waals surface area (Å²) in [5, 5.41) is 12.9. The van der Waals surface area contributed by atoms with Crippen LogP contribution in [-0.4, -0.2) is 88.1 Å². The van der Waals surface area contributed by atoms with Crippen molar-refractivity contribution in [1.82, 2.24) is 15.1 Å². The number of nitrogens with zero attached hydrogens (tertiary/aromatic N) is 2. The smallest absolute Gasteiger partial charge is 0.313 e. The van der Waals surface area contributed by atoms with E-state index >= 15 is 0 Å². The fourth-order valence-electron chi connectivity index (χ4n) is 7.06. The predicted molar refractivity (Wildman–Crippen MR) is 162 cm³/mol. The number of aliphatic hydroxyl groups is 1. The maximum Gasteiger partial charge on any atom is 0.313 e. The number of cyclic esters (lactones) is 1. The maximum absolute atomic E-state index is 14.5. The van der Waals surface area contributed by atoms with Gasteiger partial charge in [-0.3, -0.25) is 19.2 Å². The number of carbonyl (C=O) groups is 4. The Balaban J connectivity index is 1.60. The summed E-state index contributed by atoms with van der Waals surface area (Å²) in [4.78, 5) is 58.7. The highest BCUT2D eigenvalue weighted by Crippen LogP contribution is 2.59. The fraction of sp³-hybridized carbons (Fsp3) is 0.562. The molecule has 0 aromatic heterocycles. The summed E-state index contributed by atoms with van der Waals surface area (Å²) < 4.78 is 13.2. The van der Waals surface area contributed by atoms with E-state index in [1.54, 1.807) is 17.9 Å². The number of amides is 3. The molecule has 232 valence electrons. The van der Waals surface area contributed by atoms with Gasteiger partial charge in [-0.05, 0) is 38.3 Å². The third-order valence-electron chi connectivity index (χ3n) is 9.02. The Kier molecular flexibility index (Phi) is 9.43. The van der Waals surface area contributed by atoms with Gasteiger partial charge in [0.2, 0.25) is 17.7 Å². The summed E-state index contributed by atoms with van der Waals surface area (Å²) in [7, 11) is 0. The molecule has 4 aliphatic heterocycles. The van der Waals surface area contributed by atoms with Crippen molar-refractivity contribution in [3.05, 3.63) is 58.6 Å². The van der Waals surface area contributed by atoms with Gasteiger partial charge in [-0.15, -0.1) is 0 Å². The lowest BCUT2D eigenvalue weighted by Gasteiger charge is -2.38. The van der Waals surface area contributed by atoms with Crippen LogP contribution in [0.1, 0.15) is 58.1 Å². The Morgan fingerprint density at radius 3 is 2.56 bits per heavy atom. The summed E-state index contributed by atoms with van der Waals surface area (Å²) in [6.45, 7) is 5.66. The third kappa shape index (κ3) is 5.67. The van der Waals surface area contributed by atoms with Gasteiger partial charge in [0.25, 0.3) is 0 Å². The minimum Gasteiger partial charge on any atom is -0.455 e. The number of rotatable bonds is 6. The highest BCUT2D eigenvalue weighted by Gasteiger charge is 2.75. The molecule has 2 fully saturated rings. The van der Waals surface area contributed by atoms with Gasteiger partial charge >= 0.3 is 5.97 Å². The molecule has 1 spiro atoms. The van der Waals surface area contributed by atoms with Crippen molar-refractivity contribution in [3.8, 4) is 0 Å². The number of hydrogen-bond acceptors (Lipinski definition) is 7. The number of carbonyl (C=O) groups excluding carboxylic acids is 4. The SMILES string of the molecule is CCCC(C)N1C/C=C\CCC(=O)N[C@H](C)[C@@H](c2ccccc2)OC(=O)[C@@H]2[C@H]3O[C@@]4(C=C3Br)[C@H](C1=O)N(CCO)C(=O)[C@@H]24. The number of likely N-dealkylation sites (tertiary alicyclic amines) is 1. The molecule has 43 heavy (non-hydrogen) atoms. The van der Waals surface area contributed by atoms with E-state index in [0.29, 0.717) is 16.5 Å². The number of fused-ring (bicyclic) bond motifs is 2. The van der Waals surface area contributed by atoms with Gasteiger partial charge < -0.3 is 29.7 Å². The first-order chi connectivity index (χ1) is 20.6. The van der Waals surface area contributed by atoms with Crippen molar-refractivity contribution in [2.24, 2.45) is 11.8 Å². The van der Waals surface area contributed by atoms with Crippen molar-refractivity contribution in [3.63, 3.8) is 0 Å². The molecule has 1 aromatic rings. The van der Waals surface area contributed by atoms with Crippen LogP contribution in [0, 0.1) is 11.8 Å². The number of β-amino-alcohol motifs (C(OH)–C–C–N with tert-alkyl or cyclic N) is 1. The first kappa shape index (κ1) is 31.4. The van der Waals surface area contributed by atoms with Crippen LogP contribution in [0.15, 0.2) is 53.0 Å². The van der Waals surface area contributed by atoms with Gasteiger partial charge in [-0.2, -0.15) is 0 Å². The standard InChI is InChI=1S/C32H40BrN3O7/c1-4-11-19(2)35-15-10-6-9-14-23(38)34-20(3)26(21-12-7-5-8-13-21)42-31(41)24-25-29(39)36(16-17-37)28(30(35)40)32(25)18-22(33)27(24)43-32/h5-8,10,12-13,18-20,24-28,37H,4,9,11,14-17H2,1-3H3,(H,34,38)/b10-6-/t19?,20-,24+,25-,26+,27+,28+,32-/m1/s1. The molecule has 8 atom stereocenters. The Labute approximate surface area is 260 Å². The number of nitrogens with one attached hydrogen (secondary N) is 1. The van der Waals surface area contributed by atoms with Crippen LogP contribution in [0.2, 0.25) is 0 Å². The number of aliphatic hydroxyl groups excluding tert-OH is 1. The molecule has 5 rings (SSSR count). The minimum absolute atomic E-state index is 0.0731. The summed E-state index contributed by atoms with van der Waals surface area (Å²) in [6, 6.07) is 7.38. The molecule has 2 N–H and O–H groups in total. The highest BCUT2D eigenvalue weighted by molar-refractivity contribution is 9.11. The van der Waals surface area contributed by atoms with Crippen molar-refractivity contribution in [1.29, 1.82) is 0 Å². The van der Waals surface area contributed by atoms with Crippen LogP contribution in [0.25, 0.3) is 0 Å². The second kappa shape index (κ2) is 12.9. The monoisotopic (exact) mass is 657 g/mol. The zero-order valence-corrected chi connectivity index (χ0v) is 26.4. The van der Waals surface area contributed by atoms with Crippen LogP contribution in [-0.2, 0) is 28.7 Å². The molecular weight excluding hydrogens is 618 g/mol. The Hall–Kier alpha value is -3.02. The number of ether oxygens (including phenoxy) is 2. The second-order valence-electron chi connectivity index (χ2n) is 11.8. The molecule has 2 saturated heterocycles. The number of halogens is 1. The molecule has 0 radical (unpaired) electrons. The molecule has 4 aliphatic rings. The largest absolute Gasteiger partial charge is 0.455 e. The molecule has 3 amide bonds. The van der Waals surface area contributed by atoms with E-state index in [1.807, 2.05) is 56.3 Å². The second-order valence-corrected chi connectivity index (χ2v) is 12.8. The fourth-order valence-corrected chi connectivity index (χ4v) is 7.79.